The summed E-state index contributed by atoms with van der Waals surface area (Å²) in [7, 11) is 2.10. The number of hydrogen-bond donors (Lipinski definition) is 1. The molecule has 1 N–H and O–H groups in total. The van der Waals surface area contributed by atoms with Crippen LogP contribution in [-0.2, 0) is 6.54 Å². The van der Waals surface area contributed by atoms with Crippen LogP contribution in [0, 0.1) is 0 Å². The molecular formula is C17H21NO. The predicted octanol–water partition coefficient (Wildman–Crippen LogP) is 3.98. The number of aromatic hydroxyl groups is 1. The quantitative estimate of drug-likeness (QED) is 0.873. The Morgan fingerprint density at radius 2 is 1.63 bits per heavy atom. The highest BCUT2D eigenvalue weighted by Gasteiger charge is 2.17. The van der Waals surface area contributed by atoms with Gasteiger partial charge in [0.05, 0.1) is 0 Å². The molecule has 0 aliphatic rings. The van der Waals surface area contributed by atoms with E-state index in [-0.39, 0.29) is 6.04 Å². The molecule has 0 bridgehead atoms. The summed E-state index contributed by atoms with van der Waals surface area (Å²) in [5.41, 5.74) is 2.29. The van der Waals surface area contributed by atoms with Crippen molar-refractivity contribution in [3.8, 4) is 5.75 Å². The number of nitrogens with zero attached hydrogens (tertiary/aromatic N) is 1. The van der Waals surface area contributed by atoms with Gasteiger partial charge < -0.3 is 5.11 Å². The molecule has 2 aromatic carbocycles. The minimum absolute atomic E-state index is 0.237. The van der Waals surface area contributed by atoms with Crippen molar-refractivity contribution in [2.75, 3.05) is 7.05 Å². The highest BCUT2D eigenvalue weighted by molar-refractivity contribution is 5.34. The van der Waals surface area contributed by atoms with Gasteiger partial charge in [0.1, 0.15) is 5.75 Å². The molecule has 2 heteroatoms. The van der Waals surface area contributed by atoms with Gasteiger partial charge in [0, 0.05) is 18.2 Å². The molecular weight excluding hydrogens is 234 g/mol. The Bertz CT molecular complexity index is 510. The number of para-hydroxylation sites is 1. The highest BCUT2D eigenvalue weighted by Crippen LogP contribution is 2.30. The van der Waals surface area contributed by atoms with Crippen molar-refractivity contribution >= 4 is 0 Å². The Morgan fingerprint density at radius 3 is 2.26 bits per heavy atom. The third-order valence-corrected chi connectivity index (χ3v) is 3.49. The van der Waals surface area contributed by atoms with Crippen molar-refractivity contribution in [3.05, 3.63) is 65.7 Å². The van der Waals surface area contributed by atoms with Crippen LogP contribution in [0.25, 0.3) is 0 Å². The summed E-state index contributed by atoms with van der Waals surface area (Å²) >= 11 is 0. The largest absolute Gasteiger partial charge is 0.508 e. The van der Waals surface area contributed by atoms with Crippen LogP contribution in [0.2, 0.25) is 0 Å². The molecule has 2 rings (SSSR count). The van der Waals surface area contributed by atoms with Crippen LogP contribution in [0.3, 0.4) is 0 Å². The van der Waals surface area contributed by atoms with Crippen LogP contribution >= 0.6 is 0 Å². The summed E-state index contributed by atoms with van der Waals surface area (Å²) in [6.07, 6.45) is 0.973. The first-order chi connectivity index (χ1) is 9.22. The lowest BCUT2D eigenvalue weighted by Gasteiger charge is -2.28. The van der Waals surface area contributed by atoms with Crippen molar-refractivity contribution in [3.63, 3.8) is 0 Å². The van der Waals surface area contributed by atoms with Crippen molar-refractivity contribution < 1.29 is 5.11 Å². The van der Waals surface area contributed by atoms with E-state index >= 15 is 0 Å². The van der Waals surface area contributed by atoms with Crippen LogP contribution in [0.15, 0.2) is 54.6 Å². The van der Waals surface area contributed by atoms with Gasteiger partial charge in [-0.25, -0.2) is 0 Å². The Hall–Kier alpha value is -1.80. The predicted molar refractivity (Wildman–Crippen MR) is 79.0 cm³/mol. The maximum absolute atomic E-state index is 10.0. The maximum Gasteiger partial charge on any atom is 0.120 e. The SMILES string of the molecule is CC[C@@H](c1ccccc1O)N(C)Cc1ccccc1. The molecule has 0 unspecified atom stereocenters. The molecule has 19 heavy (non-hydrogen) atoms. The van der Waals surface area contributed by atoms with Crippen molar-refractivity contribution in [2.45, 2.75) is 25.9 Å². The monoisotopic (exact) mass is 255 g/mol. The first-order valence-electron chi connectivity index (χ1n) is 6.74. The van der Waals surface area contributed by atoms with E-state index in [1.54, 1.807) is 6.07 Å². The molecule has 0 radical (unpaired) electrons. The zero-order chi connectivity index (χ0) is 13.7. The van der Waals surface area contributed by atoms with Crippen molar-refractivity contribution in [1.82, 2.24) is 4.90 Å². The van der Waals surface area contributed by atoms with Gasteiger partial charge in [-0.1, -0.05) is 55.5 Å². The smallest absolute Gasteiger partial charge is 0.120 e. The lowest BCUT2D eigenvalue weighted by atomic mass is 10.0. The zero-order valence-electron chi connectivity index (χ0n) is 11.6. The Labute approximate surface area is 115 Å². The number of rotatable bonds is 5. The van der Waals surface area contributed by atoms with Crippen LogP contribution < -0.4 is 0 Å². The fourth-order valence-corrected chi connectivity index (χ4v) is 2.52. The molecule has 2 nitrogen and oxygen atoms in total. The average Bonchev–Trinajstić information content (AvgIpc) is 2.43. The van der Waals surface area contributed by atoms with Gasteiger partial charge in [-0.3, -0.25) is 4.90 Å². The molecule has 0 fully saturated rings. The van der Waals surface area contributed by atoms with Crippen molar-refractivity contribution in [1.29, 1.82) is 0 Å². The van der Waals surface area contributed by atoms with Gasteiger partial charge in [0.2, 0.25) is 0 Å². The molecule has 0 aromatic heterocycles. The number of phenolic OH excluding ortho intramolecular Hbond substituents is 1. The van der Waals surface area contributed by atoms with Crippen LogP contribution in [0.1, 0.15) is 30.5 Å². The minimum atomic E-state index is 0.237. The lowest BCUT2D eigenvalue weighted by Crippen LogP contribution is -2.23. The van der Waals surface area contributed by atoms with E-state index in [9.17, 15) is 5.11 Å². The van der Waals surface area contributed by atoms with Gasteiger partial charge >= 0.3 is 0 Å². The van der Waals surface area contributed by atoms with Gasteiger partial charge in [-0.2, -0.15) is 0 Å². The highest BCUT2D eigenvalue weighted by atomic mass is 16.3. The zero-order valence-corrected chi connectivity index (χ0v) is 11.6. The van der Waals surface area contributed by atoms with Crippen LogP contribution in [0.4, 0.5) is 0 Å². The van der Waals surface area contributed by atoms with Gasteiger partial charge in [0.25, 0.3) is 0 Å². The molecule has 100 valence electrons. The second kappa shape index (κ2) is 6.39. The summed E-state index contributed by atoms with van der Waals surface area (Å²) in [4.78, 5) is 2.28. The lowest BCUT2D eigenvalue weighted by molar-refractivity contribution is 0.226. The fourth-order valence-electron chi connectivity index (χ4n) is 2.52. The molecule has 0 spiro atoms. The minimum Gasteiger partial charge on any atom is -0.508 e. The summed E-state index contributed by atoms with van der Waals surface area (Å²) < 4.78 is 0. The summed E-state index contributed by atoms with van der Waals surface area (Å²) in [6.45, 7) is 3.03. The Kier molecular flexibility index (Phi) is 4.58. The number of benzene rings is 2. The van der Waals surface area contributed by atoms with E-state index in [0.717, 1.165) is 18.5 Å². The average molecular weight is 255 g/mol. The van der Waals surface area contributed by atoms with E-state index in [0.29, 0.717) is 5.75 Å². The van der Waals surface area contributed by atoms with Gasteiger partial charge in [-0.05, 0) is 25.1 Å². The second-order valence-electron chi connectivity index (χ2n) is 4.88. The molecule has 0 saturated heterocycles. The number of phenols is 1. The molecule has 0 amide bonds. The fraction of sp³-hybridized carbons (Fsp3) is 0.294. The van der Waals surface area contributed by atoms with Crippen LogP contribution in [-0.4, -0.2) is 17.1 Å². The number of hydrogen-bond acceptors (Lipinski definition) is 2. The van der Waals surface area contributed by atoms with E-state index in [1.165, 1.54) is 5.56 Å². The van der Waals surface area contributed by atoms with E-state index < -0.39 is 0 Å². The third kappa shape index (κ3) is 3.36. The maximum atomic E-state index is 10.0. The third-order valence-electron chi connectivity index (χ3n) is 3.49. The first kappa shape index (κ1) is 13.6. The molecule has 0 aliphatic heterocycles. The molecule has 0 aliphatic carbocycles. The topological polar surface area (TPSA) is 23.5 Å². The Balaban J connectivity index is 2.16. The van der Waals surface area contributed by atoms with E-state index in [1.807, 2.05) is 24.3 Å². The molecule has 2 aromatic rings. The summed E-state index contributed by atoms with van der Waals surface area (Å²) in [6, 6.07) is 18.3. The normalized spacial score (nSPS) is 12.6. The summed E-state index contributed by atoms with van der Waals surface area (Å²) in [5, 5.41) is 10.0. The standard InChI is InChI=1S/C17H21NO/c1-3-16(15-11-7-8-12-17(15)19)18(2)13-14-9-5-4-6-10-14/h4-12,16,19H,3,13H2,1-2H3/t16-/m0/s1. The van der Waals surface area contributed by atoms with Crippen molar-refractivity contribution in [2.24, 2.45) is 0 Å². The van der Waals surface area contributed by atoms with Crippen LogP contribution in [0.5, 0.6) is 5.75 Å². The molecule has 0 saturated carbocycles. The molecule has 1 atom stereocenters. The van der Waals surface area contributed by atoms with Gasteiger partial charge in [0.15, 0.2) is 0 Å². The van der Waals surface area contributed by atoms with E-state index in [2.05, 4.69) is 43.1 Å². The van der Waals surface area contributed by atoms with Gasteiger partial charge in [-0.15, -0.1) is 0 Å². The van der Waals surface area contributed by atoms with E-state index in [4.69, 9.17) is 0 Å². The second-order valence-corrected chi connectivity index (χ2v) is 4.88. The first-order valence-corrected chi connectivity index (χ1v) is 6.74. The Morgan fingerprint density at radius 1 is 1.00 bits per heavy atom. The summed E-state index contributed by atoms with van der Waals surface area (Å²) in [5.74, 6) is 0.384. The molecule has 0 heterocycles.